The minimum absolute atomic E-state index is 0.0161. The van der Waals surface area contributed by atoms with E-state index >= 15 is 0 Å². The highest BCUT2D eigenvalue weighted by atomic mass is 16.6. The molecule has 2 heterocycles. The van der Waals surface area contributed by atoms with Crippen molar-refractivity contribution < 1.29 is 18.7 Å². The predicted molar refractivity (Wildman–Crippen MR) is 103 cm³/mol. The summed E-state index contributed by atoms with van der Waals surface area (Å²) in [6.07, 6.45) is -0.529. The Morgan fingerprint density at radius 3 is 2.46 bits per heavy atom. The van der Waals surface area contributed by atoms with Crippen LogP contribution in [0.2, 0.25) is 0 Å². The zero-order chi connectivity index (χ0) is 19.7. The van der Waals surface area contributed by atoms with Crippen LogP contribution in [0.4, 0.5) is 6.01 Å². The second kappa shape index (κ2) is 6.99. The van der Waals surface area contributed by atoms with Gasteiger partial charge < -0.3 is 13.9 Å². The maximum atomic E-state index is 12.4. The number of fused-ring (bicyclic) bond motifs is 1. The molecule has 1 aliphatic heterocycles. The van der Waals surface area contributed by atoms with Crippen LogP contribution in [0.15, 0.2) is 52.9 Å². The Morgan fingerprint density at radius 2 is 1.75 bits per heavy atom. The maximum absolute atomic E-state index is 12.4. The van der Waals surface area contributed by atoms with Crippen molar-refractivity contribution in [1.29, 1.82) is 0 Å². The van der Waals surface area contributed by atoms with Gasteiger partial charge in [0.25, 0.3) is 11.8 Å². The molecule has 0 saturated carbocycles. The van der Waals surface area contributed by atoms with Gasteiger partial charge in [-0.05, 0) is 35.2 Å². The summed E-state index contributed by atoms with van der Waals surface area (Å²) in [5.41, 5.74) is 1.69. The molecule has 0 aliphatic carbocycles. The van der Waals surface area contributed by atoms with E-state index in [9.17, 15) is 4.79 Å². The Morgan fingerprint density at radius 1 is 1.04 bits per heavy atom. The molecule has 28 heavy (non-hydrogen) atoms. The summed E-state index contributed by atoms with van der Waals surface area (Å²) in [5.74, 6) is 1.21. The minimum Gasteiger partial charge on any atom is -0.485 e. The number of nitrogens with zero attached hydrogens (tertiary/aromatic N) is 2. The number of carbonyl (C=O) groups excluding carboxylic acids is 1. The summed E-state index contributed by atoms with van der Waals surface area (Å²) >= 11 is 0. The van der Waals surface area contributed by atoms with Crippen molar-refractivity contribution in [3.63, 3.8) is 0 Å². The number of aromatic nitrogens is 2. The molecule has 7 heteroatoms. The van der Waals surface area contributed by atoms with E-state index in [2.05, 4.69) is 36.3 Å². The lowest BCUT2D eigenvalue weighted by Crippen LogP contribution is -2.21. The normalized spacial score (nSPS) is 15.9. The Kier molecular flexibility index (Phi) is 4.50. The van der Waals surface area contributed by atoms with Crippen molar-refractivity contribution in [3.8, 4) is 11.5 Å². The SMILES string of the molecule is CC(C)(C)c1ccc(C(=O)Nc2nnc([C@@H]3COc4ccccc4O3)o2)cc1. The van der Waals surface area contributed by atoms with Crippen LogP contribution >= 0.6 is 0 Å². The van der Waals surface area contributed by atoms with E-state index < -0.39 is 6.10 Å². The molecule has 1 N–H and O–H groups in total. The summed E-state index contributed by atoms with van der Waals surface area (Å²) in [6, 6.07) is 14.8. The summed E-state index contributed by atoms with van der Waals surface area (Å²) in [7, 11) is 0. The molecule has 1 aliphatic rings. The van der Waals surface area contributed by atoms with Crippen LogP contribution in [0.5, 0.6) is 11.5 Å². The highest BCUT2D eigenvalue weighted by Gasteiger charge is 2.27. The van der Waals surface area contributed by atoms with Crippen molar-refractivity contribution in [2.75, 3.05) is 11.9 Å². The van der Waals surface area contributed by atoms with Crippen molar-refractivity contribution >= 4 is 11.9 Å². The topological polar surface area (TPSA) is 86.5 Å². The molecule has 1 atom stereocenters. The average Bonchev–Trinajstić information content (AvgIpc) is 3.15. The van der Waals surface area contributed by atoms with Gasteiger partial charge in [0, 0.05) is 5.56 Å². The minimum atomic E-state index is -0.529. The van der Waals surface area contributed by atoms with Gasteiger partial charge in [-0.2, -0.15) is 0 Å². The number of carbonyl (C=O) groups is 1. The summed E-state index contributed by atoms with van der Waals surface area (Å²) in [5, 5.41) is 10.5. The van der Waals surface area contributed by atoms with E-state index in [4.69, 9.17) is 13.9 Å². The molecule has 7 nitrogen and oxygen atoms in total. The van der Waals surface area contributed by atoms with E-state index in [0.29, 0.717) is 17.1 Å². The van der Waals surface area contributed by atoms with Gasteiger partial charge in [0.05, 0.1) is 0 Å². The summed E-state index contributed by atoms with van der Waals surface area (Å²) in [4.78, 5) is 12.4. The Hall–Kier alpha value is -3.35. The molecule has 0 unspecified atom stereocenters. The van der Waals surface area contributed by atoms with Gasteiger partial charge in [-0.15, -0.1) is 5.10 Å². The molecule has 0 fully saturated rings. The number of anilines is 1. The fourth-order valence-electron chi connectivity index (χ4n) is 2.85. The van der Waals surface area contributed by atoms with Crippen LogP contribution in [0.25, 0.3) is 0 Å². The van der Waals surface area contributed by atoms with Gasteiger partial charge >= 0.3 is 6.01 Å². The molecule has 0 radical (unpaired) electrons. The zero-order valence-corrected chi connectivity index (χ0v) is 15.9. The van der Waals surface area contributed by atoms with Crippen molar-refractivity contribution in [3.05, 3.63) is 65.5 Å². The molecule has 2 aromatic carbocycles. The van der Waals surface area contributed by atoms with Gasteiger partial charge in [-0.25, -0.2) is 0 Å². The third-order valence-corrected chi connectivity index (χ3v) is 4.46. The molecular formula is C21H21N3O4. The third-order valence-electron chi connectivity index (χ3n) is 4.46. The summed E-state index contributed by atoms with van der Waals surface area (Å²) < 4.78 is 17.0. The lowest BCUT2D eigenvalue weighted by molar-refractivity contribution is 0.0716. The van der Waals surface area contributed by atoms with Crippen LogP contribution < -0.4 is 14.8 Å². The first-order chi connectivity index (χ1) is 13.4. The van der Waals surface area contributed by atoms with Gasteiger partial charge in [-0.3, -0.25) is 10.1 Å². The smallest absolute Gasteiger partial charge is 0.322 e. The van der Waals surface area contributed by atoms with E-state index in [0.717, 1.165) is 5.56 Å². The van der Waals surface area contributed by atoms with E-state index in [1.165, 1.54) is 0 Å². The largest absolute Gasteiger partial charge is 0.485 e. The van der Waals surface area contributed by atoms with Crippen molar-refractivity contribution in [2.24, 2.45) is 0 Å². The lowest BCUT2D eigenvalue weighted by Gasteiger charge is -2.23. The number of hydrogen-bond donors (Lipinski definition) is 1. The number of rotatable bonds is 3. The number of ether oxygens (including phenoxy) is 2. The molecule has 0 saturated heterocycles. The van der Waals surface area contributed by atoms with Crippen LogP contribution in [0.3, 0.4) is 0 Å². The number of hydrogen-bond acceptors (Lipinski definition) is 6. The molecular weight excluding hydrogens is 358 g/mol. The maximum Gasteiger partial charge on any atom is 0.322 e. The molecule has 0 bridgehead atoms. The summed E-state index contributed by atoms with van der Waals surface area (Å²) in [6.45, 7) is 6.62. The molecule has 3 aromatic rings. The van der Waals surface area contributed by atoms with E-state index in [1.807, 2.05) is 36.4 Å². The highest BCUT2D eigenvalue weighted by molar-refractivity contribution is 6.03. The first kappa shape index (κ1) is 18.0. The monoisotopic (exact) mass is 379 g/mol. The number of amides is 1. The molecule has 1 amide bonds. The van der Waals surface area contributed by atoms with Crippen LogP contribution in [-0.4, -0.2) is 22.7 Å². The second-order valence-electron chi connectivity index (χ2n) is 7.59. The Labute approximate surface area is 162 Å². The van der Waals surface area contributed by atoms with Crippen molar-refractivity contribution in [2.45, 2.75) is 32.3 Å². The number of para-hydroxylation sites is 2. The van der Waals surface area contributed by atoms with Crippen LogP contribution in [0.1, 0.15) is 48.7 Å². The van der Waals surface area contributed by atoms with E-state index in [-0.39, 0.29) is 29.8 Å². The quantitative estimate of drug-likeness (QED) is 0.736. The fourth-order valence-corrected chi connectivity index (χ4v) is 2.85. The van der Waals surface area contributed by atoms with Gasteiger partial charge in [0.1, 0.15) is 6.61 Å². The lowest BCUT2D eigenvalue weighted by atomic mass is 9.87. The first-order valence-electron chi connectivity index (χ1n) is 9.04. The fraction of sp³-hybridized carbons (Fsp3) is 0.286. The Balaban J connectivity index is 1.43. The number of nitrogens with one attached hydrogen (secondary N) is 1. The third kappa shape index (κ3) is 3.69. The highest BCUT2D eigenvalue weighted by Crippen LogP contribution is 2.35. The van der Waals surface area contributed by atoms with Gasteiger partial charge in [-0.1, -0.05) is 50.1 Å². The van der Waals surface area contributed by atoms with Crippen LogP contribution in [-0.2, 0) is 5.41 Å². The van der Waals surface area contributed by atoms with Crippen LogP contribution in [0, 0.1) is 0 Å². The van der Waals surface area contributed by atoms with E-state index in [1.54, 1.807) is 12.1 Å². The molecule has 0 spiro atoms. The van der Waals surface area contributed by atoms with Gasteiger partial charge in [0.2, 0.25) is 6.10 Å². The Bertz CT molecular complexity index is 989. The molecule has 144 valence electrons. The average molecular weight is 379 g/mol. The van der Waals surface area contributed by atoms with Gasteiger partial charge in [0.15, 0.2) is 11.5 Å². The number of benzene rings is 2. The standard InChI is InChI=1S/C21H21N3O4/c1-21(2,3)14-10-8-13(9-11-14)18(25)22-20-24-23-19(28-20)17-12-26-15-6-4-5-7-16(15)27-17/h4-11,17H,12H2,1-3H3,(H,22,24,25)/t17-/m0/s1. The predicted octanol–water partition coefficient (Wildman–Crippen LogP) is 4.13. The first-order valence-corrected chi connectivity index (χ1v) is 9.04. The second-order valence-corrected chi connectivity index (χ2v) is 7.59. The molecule has 1 aromatic heterocycles. The molecule has 4 rings (SSSR count). The zero-order valence-electron chi connectivity index (χ0n) is 15.9. The van der Waals surface area contributed by atoms with Crippen molar-refractivity contribution in [1.82, 2.24) is 10.2 Å².